The number of nitrogens with one attached hydrogen (secondary N) is 1. The number of carbonyl (C=O) groups is 1. The lowest BCUT2D eigenvalue weighted by molar-refractivity contribution is -0.132. The Morgan fingerprint density at radius 1 is 1.44 bits per heavy atom. The number of rotatable bonds is 5. The van der Waals surface area contributed by atoms with Crippen molar-refractivity contribution in [3.05, 3.63) is 47.6 Å². The van der Waals surface area contributed by atoms with Gasteiger partial charge in [0.15, 0.2) is 5.83 Å². The molecule has 0 fully saturated rings. The molecule has 5 heteroatoms. The molecule has 0 aromatic carbocycles. The molecule has 0 rings (SSSR count). The van der Waals surface area contributed by atoms with Crippen molar-refractivity contribution in [3.63, 3.8) is 0 Å². The normalized spacial score (nSPS) is 12.9. The number of hydrogen-bond donors (Lipinski definition) is 2. The smallest absolute Gasteiger partial charge is 0.344 e. The van der Waals surface area contributed by atoms with Gasteiger partial charge in [0.25, 0.3) is 0 Å². The molecule has 0 aromatic heterocycles. The zero-order chi connectivity index (χ0) is 14.3. The van der Waals surface area contributed by atoms with Crippen LogP contribution in [0.25, 0.3) is 0 Å². The van der Waals surface area contributed by atoms with Crippen molar-refractivity contribution < 1.29 is 18.7 Å². The number of carboxylic acids is 1. The molecule has 0 aliphatic rings. The quantitative estimate of drug-likeness (QED) is 0.341. The molecule has 0 radical (unpaired) electrons. The first-order valence-electron chi connectivity index (χ1n) is 4.69. The molecule has 0 aliphatic carbocycles. The Hall–Kier alpha value is -2.48. The number of aliphatic carboxylic acids is 1. The van der Waals surface area contributed by atoms with Gasteiger partial charge in [-0.25, -0.2) is 13.6 Å². The molecule has 0 unspecified atom stereocenters. The SMILES string of the molecule is C#C/C(=C\C=C(/C)C(=N)/C(F)=C\C(=C)F)C(=O)O. The maximum absolute atomic E-state index is 13.2. The molecule has 0 aromatic rings. The Bertz CT molecular complexity index is 520. The summed E-state index contributed by atoms with van der Waals surface area (Å²) in [4.78, 5) is 10.6. The average Bonchev–Trinajstić information content (AvgIpc) is 2.27. The molecule has 3 nitrogen and oxygen atoms in total. The Balaban J connectivity index is 5.14. The topological polar surface area (TPSA) is 61.2 Å². The van der Waals surface area contributed by atoms with Crippen LogP contribution in [0.2, 0.25) is 0 Å². The minimum atomic E-state index is -1.30. The molecule has 0 bridgehead atoms. The van der Waals surface area contributed by atoms with Gasteiger partial charge in [0.2, 0.25) is 0 Å². The van der Waals surface area contributed by atoms with Crippen LogP contribution in [0.3, 0.4) is 0 Å². The first-order chi connectivity index (χ1) is 8.29. The standard InChI is InChI=1S/C13H11F2NO2/c1-4-10(13(17)18)6-5-8(2)12(16)11(15)7-9(3)14/h1,5-7,16H,3H2,2H3,(H,17,18)/b8-5+,10-6+,11-7+,16-12?. The van der Waals surface area contributed by atoms with Crippen LogP contribution in [0.1, 0.15) is 6.92 Å². The molecule has 0 aliphatic heterocycles. The summed E-state index contributed by atoms with van der Waals surface area (Å²) in [6.07, 6.45) is 7.62. The van der Waals surface area contributed by atoms with Crippen molar-refractivity contribution >= 4 is 11.7 Å². The van der Waals surface area contributed by atoms with Crippen LogP contribution in [0.15, 0.2) is 47.6 Å². The molecule has 94 valence electrons. The Kier molecular flexibility index (Phi) is 6.01. The summed E-state index contributed by atoms with van der Waals surface area (Å²) in [5.41, 5.74) is -0.813. The van der Waals surface area contributed by atoms with Gasteiger partial charge >= 0.3 is 5.97 Å². The first-order valence-corrected chi connectivity index (χ1v) is 4.69. The van der Waals surface area contributed by atoms with E-state index in [1.165, 1.54) is 13.0 Å². The summed E-state index contributed by atoms with van der Waals surface area (Å²) in [7, 11) is 0. The second-order valence-corrected chi connectivity index (χ2v) is 3.19. The lowest BCUT2D eigenvalue weighted by atomic mass is 10.1. The van der Waals surface area contributed by atoms with Gasteiger partial charge in [-0.1, -0.05) is 18.6 Å². The van der Waals surface area contributed by atoms with E-state index >= 15 is 0 Å². The van der Waals surface area contributed by atoms with Crippen molar-refractivity contribution in [3.8, 4) is 12.3 Å². The number of hydrogen-bond acceptors (Lipinski definition) is 2. The van der Waals surface area contributed by atoms with Crippen molar-refractivity contribution in [1.82, 2.24) is 0 Å². The largest absolute Gasteiger partial charge is 0.477 e. The molecule has 0 saturated heterocycles. The molecule has 18 heavy (non-hydrogen) atoms. The van der Waals surface area contributed by atoms with Crippen LogP contribution in [-0.4, -0.2) is 16.8 Å². The Morgan fingerprint density at radius 2 is 2.00 bits per heavy atom. The summed E-state index contributed by atoms with van der Waals surface area (Å²) in [6, 6.07) is 0. The zero-order valence-corrected chi connectivity index (χ0v) is 9.63. The molecule has 0 amide bonds. The monoisotopic (exact) mass is 251 g/mol. The Labute approximate surface area is 103 Å². The Morgan fingerprint density at radius 3 is 2.39 bits per heavy atom. The fraction of sp³-hybridized carbons (Fsp3) is 0.0769. The highest BCUT2D eigenvalue weighted by molar-refractivity contribution is 6.08. The van der Waals surface area contributed by atoms with Gasteiger partial charge in [-0.05, 0) is 18.6 Å². The minimum absolute atomic E-state index is 0.0963. The van der Waals surface area contributed by atoms with Gasteiger partial charge in [-0.15, -0.1) is 6.42 Å². The van der Waals surface area contributed by atoms with Crippen LogP contribution in [0.5, 0.6) is 0 Å². The van der Waals surface area contributed by atoms with E-state index in [0.717, 1.165) is 6.08 Å². The molecule has 2 N–H and O–H groups in total. The number of allylic oxidation sites excluding steroid dienone is 6. The van der Waals surface area contributed by atoms with Gasteiger partial charge in [0, 0.05) is 6.08 Å². The lowest BCUT2D eigenvalue weighted by Gasteiger charge is -2.00. The van der Waals surface area contributed by atoms with Gasteiger partial charge in [0.05, 0.1) is 5.71 Å². The van der Waals surface area contributed by atoms with E-state index in [2.05, 4.69) is 6.58 Å². The highest BCUT2D eigenvalue weighted by atomic mass is 19.1. The summed E-state index contributed by atoms with van der Waals surface area (Å²) >= 11 is 0. The van der Waals surface area contributed by atoms with Gasteiger partial charge in [0.1, 0.15) is 11.4 Å². The average molecular weight is 251 g/mol. The minimum Gasteiger partial charge on any atom is -0.477 e. The molecular formula is C13H11F2NO2. The van der Waals surface area contributed by atoms with E-state index in [1.807, 2.05) is 5.92 Å². The summed E-state index contributed by atoms with van der Waals surface area (Å²) < 4.78 is 25.5. The highest BCUT2D eigenvalue weighted by Gasteiger charge is 2.07. The van der Waals surface area contributed by atoms with Crippen molar-refractivity contribution in [2.45, 2.75) is 6.92 Å². The predicted molar refractivity (Wildman–Crippen MR) is 65.5 cm³/mol. The van der Waals surface area contributed by atoms with E-state index in [1.54, 1.807) is 0 Å². The molecular weight excluding hydrogens is 240 g/mol. The maximum Gasteiger partial charge on any atom is 0.344 e. The van der Waals surface area contributed by atoms with Crippen LogP contribution >= 0.6 is 0 Å². The molecule has 0 saturated carbocycles. The fourth-order valence-corrected chi connectivity index (χ4v) is 0.871. The third kappa shape index (κ3) is 5.03. The van der Waals surface area contributed by atoms with Gasteiger partial charge in [-0.2, -0.15) is 0 Å². The van der Waals surface area contributed by atoms with Crippen LogP contribution in [0.4, 0.5) is 8.78 Å². The third-order valence-electron chi connectivity index (χ3n) is 1.80. The van der Waals surface area contributed by atoms with Crippen LogP contribution < -0.4 is 0 Å². The van der Waals surface area contributed by atoms with E-state index in [9.17, 15) is 13.6 Å². The van der Waals surface area contributed by atoms with Crippen LogP contribution in [-0.2, 0) is 4.79 Å². The van der Waals surface area contributed by atoms with Crippen LogP contribution in [0, 0.1) is 17.8 Å². The third-order valence-corrected chi connectivity index (χ3v) is 1.80. The van der Waals surface area contributed by atoms with E-state index in [0.29, 0.717) is 6.08 Å². The van der Waals surface area contributed by atoms with E-state index in [-0.39, 0.29) is 11.1 Å². The van der Waals surface area contributed by atoms with Gasteiger partial charge in [-0.3, -0.25) is 5.41 Å². The summed E-state index contributed by atoms with van der Waals surface area (Å²) in [5.74, 6) is -1.51. The van der Waals surface area contributed by atoms with Crippen molar-refractivity contribution in [1.29, 1.82) is 5.41 Å². The second kappa shape index (κ2) is 6.97. The lowest BCUT2D eigenvalue weighted by Crippen LogP contribution is -2.00. The maximum atomic E-state index is 13.2. The molecule has 0 atom stereocenters. The van der Waals surface area contributed by atoms with Gasteiger partial charge < -0.3 is 5.11 Å². The fourth-order valence-electron chi connectivity index (χ4n) is 0.871. The number of halogens is 2. The first kappa shape index (κ1) is 15.5. The summed E-state index contributed by atoms with van der Waals surface area (Å²) in [6.45, 7) is 4.20. The molecule has 0 heterocycles. The summed E-state index contributed by atoms with van der Waals surface area (Å²) in [5, 5.41) is 16.0. The zero-order valence-electron chi connectivity index (χ0n) is 9.63. The van der Waals surface area contributed by atoms with E-state index < -0.39 is 23.3 Å². The van der Waals surface area contributed by atoms with E-state index in [4.69, 9.17) is 16.9 Å². The predicted octanol–water partition coefficient (Wildman–Crippen LogP) is 2.93. The number of terminal acetylenes is 1. The highest BCUT2D eigenvalue weighted by Crippen LogP contribution is 2.11. The van der Waals surface area contributed by atoms with Crippen molar-refractivity contribution in [2.24, 2.45) is 0 Å². The second-order valence-electron chi connectivity index (χ2n) is 3.19. The molecule has 0 spiro atoms. The van der Waals surface area contributed by atoms with Crippen molar-refractivity contribution in [2.75, 3.05) is 0 Å². The number of carboxylic acid groups (broad SMARTS) is 1.